The van der Waals surface area contributed by atoms with Crippen LogP contribution in [0, 0.1) is 0 Å². The second-order valence-electron chi connectivity index (χ2n) is 5.21. The molecular weight excluding hydrogens is 214 g/mol. The molecule has 0 bridgehead atoms. The number of fused-ring (bicyclic) bond motifs is 3. The Morgan fingerprint density at radius 3 is 3.00 bits per heavy atom. The van der Waals surface area contributed by atoms with Gasteiger partial charge in [0.25, 0.3) is 0 Å². The Morgan fingerprint density at radius 2 is 2.24 bits per heavy atom. The van der Waals surface area contributed by atoms with E-state index in [-0.39, 0.29) is 12.1 Å². The predicted octanol–water partition coefficient (Wildman–Crippen LogP) is 1.03. The Balaban J connectivity index is 1.89. The molecule has 2 atom stereocenters. The molecule has 1 aromatic rings. The molecule has 4 nitrogen and oxygen atoms in total. The molecule has 0 spiro atoms. The van der Waals surface area contributed by atoms with E-state index >= 15 is 0 Å². The van der Waals surface area contributed by atoms with Crippen molar-refractivity contribution in [3.05, 3.63) is 23.9 Å². The summed E-state index contributed by atoms with van der Waals surface area (Å²) < 4.78 is 0. The van der Waals surface area contributed by atoms with Crippen molar-refractivity contribution >= 4 is 5.82 Å². The van der Waals surface area contributed by atoms with Crippen LogP contribution in [0.3, 0.4) is 0 Å². The fourth-order valence-electron chi connectivity index (χ4n) is 2.92. The first-order chi connectivity index (χ1) is 8.18. The normalized spacial score (nSPS) is 28.4. The molecule has 0 saturated carbocycles. The molecule has 0 aromatic carbocycles. The fourth-order valence-corrected chi connectivity index (χ4v) is 2.92. The summed E-state index contributed by atoms with van der Waals surface area (Å²) in [5.74, 6) is 0.980. The second-order valence-corrected chi connectivity index (χ2v) is 5.21. The summed E-state index contributed by atoms with van der Waals surface area (Å²) in [4.78, 5) is 9.10. The van der Waals surface area contributed by atoms with Gasteiger partial charge in [-0.2, -0.15) is 0 Å². The Labute approximate surface area is 102 Å². The van der Waals surface area contributed by atoms with Gasteiger partial charge in [0.2, 0.25) is 0 Å². The second kappa shape index (κ2) is 3.96. The Bertz CT molecular complexity index is 421. The maximum atomic E-state index is 10.4. The molecule has 1 saturated heterocycles. The average Bonchev–Trinajstić information content (AvgIpc) is 2.64. The summed E-state index contributed by atoms with van der Waals surface area (Å²) in [7, 11) is 0. The quantitative estimate of drug-likeness (QED) is 0.786. The molecule has 0 amide bonds. The molecule has 0 aliphatic carbocycles. The number of anilines is 1. The number of piperazine rings is 1. The zero-order valence-corrected chi connectivity index (χ0v) is 10.4. The van der Waals surface area contributed by atoms with Crippen LogP contribution in [0.4, 0.5) is 5.82 Å². The smallest absolute Gasteiger partial charge is 0.134 e. The molecule has 3 rings (SSSR count). The highest BCUT2D eigenvalue weighted by molar-refractivity contribution is 5.56. The summed E-state index contributed by atoms with van der Waals surface area (Å²) in [6.45, 7) is 7.36. The van der Waals surface area contributed by atoms with Crippen molar-refractivity contribution < 1.29 is 5.11 Å². The van der Waals surface area contributed by atoms with Gasteiger partial charge in [0.05, 0.1) is 6.04 Å². The maximum absolute atomic E-state index is 10.4. The highest BCUT2D eigenvalue weighted by atomic mass is 16.3. The van der Waals surface area contributed by atoms with Gasteiger partial charge in [-0.15, -0.1) is 0 Å². The highest BCUT2D eigenvalue weighted by Crippen LogP contribution is 2.39. The van der Waals surface area contributed by atoms with Crippen molar-refractivity contribution in [3.8, 4) is 0 Å². The van der Waals surface area contributed by atoms with Crippen LogP contribution in [0.15, 0.2) is 18.3 Å². The first kappa shape index (κ1) is 11.0. The average molecular weight is 233 g/mol. The Kier molecular flexibility index (Phi) is 2.56. The van der Waals surface area contributed by atoms with E-state index in [0.29, 0.717) is 6.04 Å². The third-order valence-electron chi connectivity index (χ3n) is 3.95. The number of aliphatic hydroxyl groups excluding tert-OH is 1. The van der Waals surface area contributed by atoms with E-state index in [1.165, 1.54) is 0 Å². The third kappa shape index (κ3) is 1.63. The van der Waals surface area contributed by atoms with Crippen LogP contribution in [0.1, 0.15) is 25.5 Å². The van der Waals surface area contributed by atoms with Gasteiger partial charge in [0.15, 0.2) is 0 Å². The van der Waals surface area contributed by atoms with Crippen molar-refractivity contribution in [2.45, 2.75) is 32.0 Å². The summed E-state index contributed by atoms with van der Waals surface area (Å²) in [5, 5.41) is 10.4. The lowest BCUT2D eigenvalue weighted by molar-refractivity contribution is 0.0969. The number of pyridine rings is 1. The lowest BCUT2D eigenvalue weighted by Crippen LogP contribution is -2.54. The number of hydrogen-bond acceptors (Lipinski definition) is 4. The molecule has 1 fully saturated rings. The molecule has 92 valence electrons. The standard InChI is InChI=1S/C13H19N3O/c1-9(2)15-6-7-16-11(8-15)12(17)10-4-3-5-14-13(10)16/h3-5,9,11-12,17H,6-8H2,1-2H3/t11-,12?/m0/s1. The van der Waals surface area contributed by atoms with Gasteiger partial charge in [-0.3, -0.25) is 4.90 Å². The van der Waals surface area contributed by atoms with Gasteiger partial charge in [-0.1, -0.05) is 6.07 Å². The minimum Gasteiger partial charge on any atom is -0.386 e. The summed E-state index contributed by atoms with van der Waals surface area (Å²) >= 11 is 0. The number of aromatic nitrogens is 1. The van der Waals surface area contributed by atoms with E-state index < -0.39 is 0 Å². The minimum atomic E-state index is -0.389. The van der Waals surface area contributed by atoms with Gasteiger partial charge in [0.1, 0.15) is 11.9 Å². The molecule has 4 heteroatoms. The lowest BCUT2D eigenvalue weighted by atomic mass is 10.1. The van der Waals surface area contributed by atoms with Gasteiger partial charge in [-0.25, -0.2) is 4.98 Å². The van der Waals surface area contributed by atoms with Gasteiger partial charge in [0, 0.05) is 37.4 Å². The summed E-state index contributed by atoms with van der Waals surface area (Å²) in [5.41, 5.74) is 0.989. The van der Waals surface area contributed by atoms with E-state index in [1.807, 2.05) is 18.3 Å². The first-order valence-corrected chi connectivity index (χ1v) is 6.32. The van der Waals surface area contributed by atoms with Gasteiger partial charge in [-0.05, 0) is 19.9 Å². The van der Waals surface area contributed by atoms with Crippen LogP contribution in [0.25, 0.3) is 0 Å². The molecule has 1 N–H and O–H groups in total. The molecule has 2 aliphatic rings. The van der Waals surface area contributed by atoms with Crippen molar-refractivity contribution in [1.29, 1.82) is 0 Å². The number of rotatable bonds is 1. The zero-order valence-electron chi connectivity index (χ0n) is 10.4. The molecular formula is C13H19N3O. The summed E-state index contributed by atoms with van der Waals surface area (Å²) in [6, 6.07) is 4.61. The van der Waals surface area contributed by atoms with Crippen LogP contribution in [-0.2, 0) is 0 Å². The van der Waals surface area contributed by atoms with E-state index in [2.05, 4.69) is 28.6 Å². The third-order valence-corrected chi connectivity index (χ3v) is 3.95. The molecule has 17 heavy (non-hydrogen) atoms. The van der Waals surface area contributed by atoms with E-state index in [0.717, 1.165) is 31.0 Å². The van der Waals surface area contributed by atoms with Crippen LogP contribution in [-0.4, -0.2) is 46.7 Å². The fraction of sp³-hybridized carbons (Fsp3) is 0.615. The van der Waals surface area contributed by atoms with Crippen LogP contribution < -0.4 is 4.90 Å². The van der Waals surface area contributed by atoms with Gasteiger partial charge < -0.3 is 10.0 Å². The predicted molar refractivity (Wildman–Crippen MR) is 67.0 cm³/mol. The topological polar surface area (TPSA) is 39.6 Å². The van der Waals surface area contributed by atoms with Crippen molar-refractivity contribution in [1.82, 2.24) is 9.88 Å². The molecule has 1 aromatic heterocycles. The van der Waals surface area contributed by atoms with Crippen LogP contribution >= 0.6 is 0 Å². The Hall–Kier alpha value is -1.13. The molecule has 2 aliphatic heterocycles. The zero-order chi connectivity index (χ0) is 12.0. The van der Waals surface area contributed by atoms with Crippen molar-refractivity contribution in [3.63, 3.8) is 0 Å². The summed E-state index contributed by atoms with van der Waals surface area (Å²) in [6.07, 6.45) is 1.42. The van der Waals surface area contributed by atoms with Crippen molar-refractivity contribution in [2.24, 2.45) is 0 Å². The van der Waals surface area contributed by atoms with Crippen LogP contribution in [0.2, 0.25) is 0 Å². The van der Waals surface area contributed by atoms with Crippen LogP contribution in [0.5, 0.6) is 0 Å². The molecule has 0 radical (unpaired) electrons. The number of aliphatic hydroxyl groups is 1. The molecule has 3 heterocycles. The molecule has 1 unspecified atom stereocenters. The SMILES string of the molecule is CC(C)N1CCN2c3ncccc3C(O)[C@@H]2C1. The van der Waals surface area contributed by atoms with E-state index in [1.54, 1.807) is 0 Å². The number of nitrogens with zero attached hydrogens (tertiary/aromatic N) is 3. The number of hydrogen-bond donors (Lipinski definition) is 1. The van der Waals surface area contributed by atoms with Gasteiger partial charge >= 0.3 is 0 Å². The van der Waals surface area contributed by atoms with E-state index in [4.69, 9.17) is 0 Å². The lowest BCUT2D eigenvalue weighted by Gasteiger charge is -2.41. The monoisotopic (exact) mass is 233 g/mol. The van der Waals surface area contributed by atoms with Crippen molar-refractivity contribution in [2.75, 3.05) is 24.5 Å². The minimum absolute atomic E-state index is 0.177. The first-order valence-electron chi connectivity index (χ1n) is 6.32. The Morgan fingerprint density at radius 1 is 1.41 bits per heavy atom. The highest BCUT2D eigenvalue weighted by Gasteiger charge is 2.41. The van der Waals surface area contributed by atoms with E-state index in [9.17, 15) is 5.11 Å². The maximum Gasteiger partial charge on any atom is 0.134 e. The largest absolute Gasteiger partial charge is 0.386 e.